The van der Waals surface area contributed by atoms with Crippen LogP contribution in [0.4, 0.5) is 10.1 Å². The van der Waals surface area contributed by atoms with E-state index < -0.39 is 0 Å². The Bertz CT molecular complexity index is 928. The van der Waals surface area contributed by atoms with Crippen molar-refractivity contribution in [3.8, 4) is 11.5 Å². The van der Waals surface area contributed by atoms with Crippen molar-refractivity contribution in [2.24, 2.45) is 0 Å². The van der Waals surface area contributed by atoms with Crippen LogP contribution in [0.1, 0.15) is 23.6 Å². The zero-order valence-electron chi connectivity index (χ0n) is 16.0. The number of nitrogens with one attached hydrogen (secondary N) is 1. The van der Waals surface area contributed by atoms with Gasteiger partial charge in [-0.05, 0) is 55.8 Å². The van der Waals surface area contributed by atoms with Gasteiger partial charge < -0.3 is 14.8 Å². The molecule has 0 aliphatic heterocycles. The molecule has 3 aromatic rings. The molecule has 0 heterocycles. The van der Waals surface area contributed by atoms with Crippen LogP contribution in [0.15, 0.2) is 60.7 Å². The van der Waals surface area contributed by atoms with Gasteiger partial charge in [0.2, 0.25) is 0 Å². The first-order chi connectivity index (χ1) is 13.5. The molecule has 0 saturated carbocycles. The van der Waals surface area contributed by atoms with E-state index in [2.05, 4.69) is 36.5 Å². The molecular weight excluding hydrogens is 377 g/mol. The summed E-state index contributed by atoms with van der Waals surface area (Å²) in [6, 6.07) is 18.4. The molecule has 0 saturated heterocycles. The molecule has 0 bridgehead atoms. The third kappa shape index (κ3) is 5.40. The molecule has 0 amide bonds. The molecule has 3 aromatic carbocycles. The number of hydrogen-bond acceptors (Lipinski definition) is 3. The molecule has 1 N–H and O–H groups in total. The first kappa shape index (κ1) is 20.0. The lowest BCUT2D eigenvalue weighted by molar-refractivity contribution is 0.269. The van der Waals surface area contributed by atoms with Crippen LogP contribution in [0, 0.1) is 12.7 Å². The Hall–Kier alpha value is -2.72. The molecule has 28 heavy (non-hydrogen) atoms. The summed E-state index contributed by atoms with van der Waals surface area (Å²) in [4.78, 5) is 0. The zero-order chi connectivity index (χ0) is 19.9. The highest BCUT2D eigenvalue weighted by molar-refractivity contribution is 6.31. The average molecular weight is 400 g/mol. The van der Waals surface area contributed by atoms with Crippen molar-refractivity contribution in [1.29, 1.82) is 0 Å². The van der Waals surface area contributed by atoms with Crippen molar-refractivity contribution in [3.05, 3.63) is 88.2 Å². The first-order valence-electron chi connectivity index (χ1n) is 9.18. The van der Waals surface area contributed by atoms with Gasteiger partial charge in [-0.3, -0.25) is 0 Å². The van der Waals surface area contributed by atoms with Crippen molar-refractivity contribution in [2.45, 2.75) is 27.0 Å². The molecule has 146 valence electrons. The van der Waals surface area contributed by atoms with E-state index in [9.17, 15) is 4.39 Å². The number of aryl methyl sites for hydroxylation is 1. The molecule has 5 heteroatoms. The van der Waals surface area contributed by atoms with Crippen LogP contribution in [-0.2, 0) is 13.2 Å². The molecule has 0 aromatic heterocycles. The summed E-state index contributed by atoms with van der Waals surface area (Å²) in [7, 11) is 0. The first-order valence-corrected chi connectivity index (χ1v) is 9.56. The molecular formula is C23H23ClFNO2. The summed E-state index contributed by atoms with van der Waals surface area (Å²) in [6.45, 7) is 5.43. The molecule has 3 nitrogen and oxygen atoms in total. The summed E-state index contributed by atoms with van der Waals surface area (Å²) in [5.74, 6) is 0.930. The maximum atomic E-state index is 13.2. The Labute approximate surface area is 170 Å². The third-order valence-corrected chi connectivity index (χ3v) is 4.61. The minimum absolute atomic E-state index is 0.236. The number of hydrogen-bond donors (Lipinski definition) is 1. The number of benzene rings is 3. The van der Waals surface area contributed by atoms with Crippen LogP contribution in [-0.4, -0.2) is 6.61 Å². The van der Waals surface area contributed by atoms with Crippen molar-refractivity contribution >= 4 is 17.3 Å². The van der Waals surface area contributed by atoms with Gasteiger partial charge in [0, 0.05) is 17.8 Å². The second-order valence-corrected chi connectivity index (χ2v) is 6.87. The van der Waals surface area contributed by atoms with Gasteiger partial charge >= 0.3 is 0 Å². The fourth-order valence-corrected chi connectivity index (χ4v) is 2.94. The van der Waals surface area contributed by atoms with E-state index in [0.717, 1.165) is 16.8 Å². The third-order valence-electron chi connectivity index (χ3n) is 4.25. The van der Waals surface area contributed by atoms with Gasteiger partial charge in [-0.1, -0.05) is 41.4 Å². The van der Waals surface area contributed by atoms with Crippen LogP contribution in [0.3, 0.4) is 0 Å². The highest BCUT2D eigenvalue weighted by Gasteiger charge is 2.09. The zero-order valence-corrected chi connectivity index (χ0v) is 16.7. The van der Waals surface area contributed by atoms with E-state index in [1.165, 1.54) is 17.7 Å². The fourth-order valence-electron chi connectivity index (χ4n) is 2.72. The fraction of sp³-hybridized carbons (Fsp3) is 0.217. The van der Waals surface area contributed by atoms with Gasteiger partial charge in [0.05, 0.1) is 11.6 Å². The molecule has 0 spiro atoms. The monoisotopic (exact) mass is 399 g/mol. The van der Waals surface area contributed by atoms with Crippen LogP contribution in [0.25, 0.3) is 0 Å². The Balaban J connectivity index is 1.68. The molecule has 3 rings (SSSR count). The normalized spacial score (nSPS) is 10.6. The molecule has 0 fully saturated rings. The van der Waals surface area contributed by atoms with Gasteiger partial charge in [0.15, 0.2) is 11.5 Å². The minimum atomic E-state index is -0.366. The lowest BCUT2D eigenvalue weighted by Gasteiger charge is -2.15. The van der Waals surface area contributed by atoms with Gasteiger partial charge in [-0.15, -0.1) is 0 Å². The highest BCUT2D eigenvalue weighted by Crippen LogP contribution is 2.30. The predicted octanol–water partition coefficient (Wildman–Crippen LogP) is 6.38. The molecule has 0 radical (unpaired) electrons. The Kier molecular flexibility index (Phi) is 6.77. The predicted molar refractivity (Wildman–Crippen MR) is 112 cm³/mol. The van der Waals surface area contributed by atoms with Crippen molar-refractivity contribution < 1.29 is 13.9 Å². The van der Waals surface area contributed by atoms with E-state index in [-0.39, 0.29) is 12.4 Å². The summed E-state index contributed by atoms with van der Waals surface area (Å²) in [5, 5.41) is 3.74. The van der Waals surface area contributed by atoms with Crippen LogP contribution in [0.2, 0.25) is 5.02 Å². The Morgan fingerprint density at radius 2 is 1.71 bits per heavy atom. The van der Waals surface area contributed by atoms with Crippen molar-refractivity contribution in [2.75, 3.05) is 11.9 Å². The van der Waals surface area contributed by atoms with Gasteiger partial charge in [-0.25, -0.2) is 4.39 Å². The quantitative estimate of drug-likeness (QED) is 0.477. The molecule has 0 aliphatic carbocycles. The summed E-state index contributed by atoms with van der Waals surface area (Å²) >= 11 is 6.07. The van der Waals surface area contributed by atoms with E-state index >= 15 is 0 Å². The Morgan fingerprint density at radius 3 is 2.43 bits per heavy atom. The van der Waals surface area contributed by atoms with Gasteiger partial charge in [0.25, 0.3) is 0 Å². The maximum absolute atomic E-state index is 13.2. The molecule has 0 unspecified atom stereocenters. The maximum Gasteiger partial charge on any atom is 0.161 e. The van der Waals surface area contributed by atoms with Crippen molar-refractivity contribution in [1.82, 2.24) is 0 Å². The van der Waals surface area contributed by atoms with Gasteiger partial charge in [-0.2, -0.15) is 0 Å². The number of ether oxygens (including phenoxy) is 2. The molecule has 0 aliphatic rings. The summed E-state index contributed by atoms with van der Waals surface area (Å²) in [6.07, 6.45) is 0. The Morgan fingerprint density at radius 1 is 0.929 bits per heavy atom. The lowest BCUT2D eigenvalue weighted by atomic mass is 10.1. The SMILES string of the molecule is CCOc1cc(CNc2ccc(C)cc2)ccc1OCc1ccc(F)cc1Cl. The number of anilines is 1. The topological polar surface area (TPSA) is 30.5 Å². The average Bonchev–Trinajstić information content (AvgIpc) is 2.68. The van der Waals surface area contributed by atoms with Crippen LogP contribution < -0.4 is 14.8 Å². The van der Waals surface area contributed by atoms with Gasteiger partial charge in [0.1, 0.15) is 12.4 Å². The van der Waals surface area contributed by atoms with Crippen LogP contribution in [0.5, 0.6) is 11.5 Å². The number of halogens is 2. The smallest absolute Gasteiger partial charge is 0.161 e. The lowest BCUT2D eigenvalue weighted by Crippen LogP contribution is -2.03. The number of rotatable bonds is 8. The summed E-state index contributed by atoms with van der Waals surface area (Å²) < 4.78 is 24.8. The van der Waals surface area contributed by atoms with E-state index in [4.69, 9.17) is 21.1 Å². The highest BCUT2D eigenvalue weighted by atomic mass is 35.5. The minimum Gasteiger partial charge on any atom is -0.490 e. The standard InChI is InChI=1S/C23H23ClFNO2/c1-3-27-23-12-17(14-26-20-9-4-16(2)5-10-20)6-11-22(23)28-15-18-7-8-19(25)13-21(18)24/h4-13,26H,3,14-15H2,1-2H3. The molecule has 0 atom stereocenters. The second-order valence-electron chi connectivity index (χ2n) is 6.46. The second kappa shape index (κ2) is 9.47. The van der Waals surface area contributed by atoms with E-state index in [0.29, 0.717) is 29.7 Å². The van der Waals surface area contributed by atoms with Crippen LogP contribution >= 0.6 is 11.6 Å². The summed E-state index contributed by atoms with van der Waals surface area (Å²) in [5.41, 5.74) is 4.09. The largest absolute Gasteiger partial charge is 0.490 e. The van der Waals surface area contributed by atoms with E-state index in [1.807, 2.05) is 25.1 Å². The van der Waals surface area contributed by atoms with E-state index in [1.54, 1.807) is 6.07 Å². The van der Waals surface area contributed by atoms with Crippen molar-refractivity contribution in [3.63, 3.8) is 0 Å².